The van der Waals surface area contributed by atoms with Gasteiger partial charge < -0.3 is 10.2 Å². The molecule has 0 fully saturated rings. The second-order valence-electron chi connectivity index (χ2n) is 8.79. The summed E-state index contributed by atoms with van der Waals surface area (Å²) >= 11 is 6.05. The summed E-state index contributed by atoms with van der Waals surface area (Å²) in [5.41, 5.74) is 3.04. The highest BCUT2D eigenvalue weighted by Crippen LogP contribution is 2.26. The number of carbonyl (C=O) groups excluding carboxylic acids is 2. The molecule has 0 aliphatic rings. The van der Waals surface area contributed by atoms with Crippen LogP contribution in [0.4, 0.5) is 5.69 Å². The zero-order valence-electron chi connectivity index (χ0n) is 21.4. The van der Waals surface area contributed by atoms with Gasteiger partial charge in [-0.25, -0.2) is 8.42 Å². The highest BCUT2D eigenvalue weighted by Gasteiger charge is 2.33. The number of benzene rings is 3. The first-order valence-corrected chi connectivity index (χ1v) is 13.8. The smallest absolute Gasteiger partial charge is 0.264 e. The van der Waals surface area contributed by atoms with Gasteiger partial charge in [0.2, 0.25) is 11.8 Å². The highest BCUT2D eigenvalue weighted by molar-refractivity contribution is 7.92. The number of amides is 2. The molecule has 0 radical (unpaired) electrons. The van der Waals surface area contributed by atoms with Crippen LogP contribution in [0.5, 0.6) is 0 Å². The maximum Gasteiger partial charge on any atom is 0.264 e. The van der Waals surface area contributed by atoms with Crippen molar-refractivity contribution in [1.82, 2.24) is 10.2 Å². The van der Waals surface area contributed by atoms with Crippen LogP contribution < -0.4 is 9.62 Å². The molecule has 3 aromatic rings. The molecule has 0 saturated heterocycles. The van der Waals surface area contributed by atoms with Gasteiger partial charge in [0.25, 0.3) is 10.0 Å². The number of likely N-dealkylation sites (N-methyl/N-ethyl adjacent to an activating group) is 1. The molecule has 37 heavy (non-hydrogen) atoms. The summed E-state index contributed by atoms with van der Waals surface area (Å²) in [7, 11) is -2.59. The lowest BCUT2D eigenvalue weighted by molar-refractivity contribution is -0.140. The number of anilines is 1. The van der Waals surface area contributed by atoms with Gasteiger partial charge >= 0.3 is 0 Å². The van der Waals surface area contributed by atoms with Gasteiger partial charge in [0.05, 0.1) is 10.6 Å². The zero-order chi connectivity index (χ0) is 27.2. The normalized spacial score (nSPS) is 12.0. The standard InChI is InChI=1S/C28H32ClN3O4S/c1-5-26(28(34)30-4)31(18-22-9-7-6-8-21(22)3)27(33)19-32(24-14-12-23(29)13-15-24)37(35,36)25-16-10-20(2)11-17-25/h6-17,26H,5,18-19H2,1-4H3,(H,30,34)/t26-/m0/s1. The molecule has 1 N–H and O–H groups in total. The van der Waals surface area contributed by atoms with Crippen LogP contribution in [0.3, 0.4) is 0 Å². The van der Waals surface area contributed by atoms with Crippen LogP contribution in [0.1, 0.15) is 30.0 Å². The largest absolute Gasteiger partial charge is 0.357 e. The fourth-order valence-electron chi connectivity index (χ4n) is 4.03. The van der Waals surface area contributed by atoms with E-state index < -0.39 is 28.5 Å². The Labute approximate surface area is 224 Å². The van der Waals surface area contributed by atoms with Gasteiger partial charge in [0, 0.05) is 18.6 Å². The number of hydrogen-bond acceptors (Lipinski definition) is 4. The Hall–Kier alpha value is -3.36. The quantitative estimate of drug-likeness (QED) is 0.403. The molecule has 0 aliphatic heterocycles. The number of hydrogen-bond donors (Lipinski definition) is 1. The van der Waals surface area contributed by atoms with Crippen LogP contribution in [0.25, 0.3) is 0 Å². The molecule has 2 amide bonds. The van der Waals surface area contributed by atoms with E-state index in [0.29, 0.717) is 17.1 Å². The zero-order valence-corrected chi connectivity index (χ0v) is 23.0. The molecule has 0 aliphatic carbocycles. The van der Waals surface area contributed by atoms with E-state index in [2.05, 4.69) is 5.32 Å². The molecule has 3 rings (SSSR count). The first-order chi connectivity index (χ1) is 17.6. The van der Waals surface area contributed by atoms with E-state index in [4.69, 9.17) is 11.6 Å². The van der Waals surface area contributed by atoms with Gasteiger partial charge in [0.15, 0.2) is 0 Å². The van der Waals surface area contributed by atoms with E-state index in [0.717, 1.165) is 21.0 Å². The Morgan fingerprint density at radius 2 is 1.57 bits per heavy atom. The van der Waals surface area contributed by atoms with Crippen molar-refractivity contribution >= 4 is 39.1 Å². The average Bonchev–Trinajstić information content (AvgIpc) is 2.88. The predicted octanol–water partition coefficient (Wildman–Crippen LogP) is 4.71. The third kappa shape index (κ3) is 6.70. The Kier molecular flexibility index (Phi) is 9.34. The van der Waals surface area contributed by atoms with Crippen molar-refractivity contribution in [2.24, 2.45) is 0 Å². The Morgan fingerprint density at radius 3 is 2.14 bits per heavy atom. The first-order valence-electron chi connectivity index (χ1n) is 12.0. The average molecular weight is 542 g/mol. The molecule has 7 nitrogen and oxygen atoms in total. The summed E-state index contributed by atoms with van der Waals surface area (Å²) in [6.45, 7) is 5.29. The van der Waals surface area contributed by atoms with Crippen molar-refractivity contribution in [2.45, 2.75) is 44.7 Å². The summed E-state index contributed by atoms with van der Waals surface area (Å²) in [6, 6.07) is 19.5. The Bertz CT molecular complexity index is 1340. The molecule has 0 spiro atoms. The highest BCUT2D eigenvalue weighted by atomic mass is 35.5. The molecule has 0 saturated carbocycles. The Balaban J connectivity index is 2.06. The van der Waals surface area contributed by atoms with Crippen molar-refractivity contribution in [3.63, 3.8) is 0 Å². The maximum absolute atomic E-state index is 13.9. The van der Waals surface area contributed by atoms with Crippen molar-refractivity contribution < 1.29 is 18.0 Å². The minimum absolute atomic E-state index is 0.0599. The fraction of sp³-hybridized carbons (Fsp3) is 0.286. The number of carbonyl (C=O) groups is 2. The summed E-state index contributed by atoms with van der Waals surface area (Å²) in [5.74, 6) is -0.812. The molecular formula is C28H32ClN3O4S. The van der Waals surface area contributed by atoms with Gasteiger partial charge in [0.1, 0.15) is 12.6 Å². The lowest BCUT2D eigenvalue weighted by Crippen LogP contribution is -2.51. The van der Waals surface area contributed by atoms with Crippen molar-refractivity contribution in [3.8, 4) is 0 Å². The fourth-order valence-corrected chi connectivity index (χ4v) is 5.57. The Morgan fingerprint density at radius 1 is 0.946 bits per heavy atom. The van der Waals surface area contributed by atoms with Crippen molar-refractivity contribution in [2.75, 3.05) is 17.9 Å². The molecule has 0 heterocycles. The van der Waals surface area contributed by atoms with E-state index >= 15 is 0 Å². The van der Waals surface area contributed by atoms with Crippen molar-refractivity contribution in [3.05, 3.63) is 94.5 Å². The molecule has 0 aromatic heterocycles. The second-order valence-corrected chi connectivity index (χ2v) is 11.1. The molecule has 0 bridgehead atoms. The second kappa shape index (κ2) is 12.3. The van der Waals surface area contributed by atoms with Crippen LogP contribution in [0.15, 0.2) is 77.7 Å². The summed E-state index contributed by atoms with van der Waals surface area (Å²) < 4.78 is 28.6. The minimum atomic E-state index is -4.11. The number of halogens is 1. The third-order valence-corrected chi connectivity index (χ3v) is 8.28. The van der Waals surface area contributed by atoms with E-state index in [1.807, 2.05) is 45.0 Å². The summed E-state index contributed by atoms with van der Waals surface area (Å²) in [4.78, 5) is 28.1. The van der Waals surface area contributed by atoms with E-state index in [9.17, 15) is 18.0 Å². The first kappa shape index (κ1) is 28.2. The lowest BCUT2D eigenvalue weighted by Gasteiger charge is -2.33. The number of aryl methyl sites for hydroxylation is 2. The van der Waals surface area contributed by atoms with Crippen LogP contribution in [0, 0.1) is 13.8 Å². The van der Waals surface area contributed by atoms with E-state index in [-0.39, 0.29) is 17.3 Å². The molecule has 9 heteroatoms. The number of rotatable bonds is 10. The van der Waals surface area contributed by atoms with Crippen LogP contribution in [-0.2, 0) is 26.2 Å². The molecule has 0 unspecified atom stereocenters. The van der Waals surface area contributed by atoms with Gasteiger partial charge in [-0.2, -0.15) is 0 Å². The molecule has 1 atom stereocenters. The molecule has 3 aromatic carbocycles. The van der Waals surface area contributed by atoms with Crippen molar-refractivity contribution in [1.29, 1.82) is 0 Å². The van der Waals surface area contributed by atoms with Crippen LogP contribution in [0.2, 0.25) is 5.02 Å². The van der Waals surface area contributed by atoms with E-state index in [1.165, 1.54) is 24.1 Å². The minimum Gasteiger partial charge on any atom is -0.357 e. The molecular weight excluding hydrogens is 510 g/mol. The van der Waals surface area contributed by atoms with E-state index in [1.54, 1.807) is 36.4 Å². The summed E-state index contributed by atoms with van der Waals surface area (Å²) in [6.07, 6.45) is 0.364. The van der Waals surface area contributed by atoms with Crippen LogP contribution >= 0.6 is 11.6 Å². The number of nitrogens with one attached hydrogen (secondary N) is 1. The van der Waals surface area contributed by atoms with Gasteiger partial charge in [-0.3, -0.25) is 13.9 Å². The monoisotopic (exact) mass is 541 g/mol. The van der Waals surface area contributed by atoms with Gasteiger partial charge in [-0.1, -0.05) is 60.5 Å². The summed E-state index contributed by atoms with van der Waals surface area (Å²) in [5, 5.41) is 3.06. The van der Waals surface area contributed by atoms with Gasteiger partial charge in [-0.05, 0) is 67.8 Å². The third-order valence-electron chi connectivity index (χ3n) is 6.24. The SMILES string of the molecule is CC[C@@H](C(=O)NC)N(Cc1ccccc1C)C(=O)CN(c1ccc(Cl)cc1)S(=O)(=O)c1ccc(C)cc1. The topological polar surface area (TPSA) is 86.8 Å². The number of nitrogens with zero attached hydrogens (tertiary/aromatic N) is 2. The van der Waals surface area contributed by atoms with Crippen LogP contribution in [-0.4, -0.2) is 44.8 Å². The lowest BCUT2D eigenvalue weighted by atomic mass is 10.1. The maximum atomic E-state index is 13.9. The van der Waals surface area contributed by atoms with Gasteiger partial charge in [-0.15, -0.1) is 0 Å². The molecule has 196 valence electrons. The predicted molar refractivity (Wildman–Crippen MR) is 147 cm³/mol. The number of sulfonamides is 1.